The van der Waals surface area contributed by atoms with Crippen LogP contribution in [0.5, 0.6) is 11.5 Å². The molecule has 0 unspecified atom stereocenters. The van der Waals surface area contributed by atoms with Crippen LogP contribution < -0.4 is 9.30 Å². The average Bonchev–Trinajstić information content (AvgIpc) is 4.09. The molecule has 0 saturated carbocycles. The van der Waals surface area contributed by atoms with Gasteiger partial charge in [0, 0.05) is 55.1 Å². The Labute approximate surface area is 404 Å². The van der Waals surface area contributed by atoms with E-state index in [1.54, 1.807) is 39.5 Å². The van der Waals surface area contributed by atoms with Crippen LogP contribution in [0.15, 0.2) is 192 Å². The smallest absolute Gasteiger partial charge is 0.268 e. The van der Waals surface area contributed by atoms with Gasteiger partial charge in [-0.05, 0) is 74.6 Å². The van der Waals surface area contributed by atoms with E-state index in [0.29, 0.717) is 34.0 Å². The van der Waals surface area contributed by atoms with Crippen LogP contribution in [-0.2, 0) is 26.5 Å². The Bertz CT molecular complexity index is 4220. The van der Waals surface area contributed by atoms with Crippen molar-refractivity contribution in [2.45, 2.75) is 26.2 Å². The first-order chi connectivity index (χ1) is 35.5. The molecule has 316 valence electrons. The summed E-state index contributed by atoms with van der Waals surface area (Å²) in [5, 5.41) is 3.82. The Balaban J connectivity index is 0.00000602. The molecule has 0 saturated heterocycles. The molecule has 0 radical (unpaired) electrons. The Morgan fingerprint density at radius 2 is 1.35 bits per heavy atom. The summed E-state index contributed by atoms with van der Waals surface area (Å²) in [7, 11) is 0. The summed E-state index contributed by atoms with van der Waals surface area (Å²) < 4.78 is 106. The van der Waals surface area contributed by atoms with E-state index in [1.165, 1.54) is 0 Å². The number of imidazole rings is 1. The summed E-state index contributed by atoms with van der Waals surface area (Å²) in [6.07, 6.45) is 5.23. The molecule has 0 aliphatic carbocycles. The SMILES string of the molecule is [2H]c1c([2H])c([2H])c(-c2cccc(-c3c([2H])c([2H])c([2H])c([2H])c3[2H])c2-[n+]2[c-]n(-c3[c-]c(Oc4[c-]c5c(cc4)c4c6oc7ccccc7c6ccc4n5-c4cc(C(C)(C)C)ccn4)ccc3)c3ccccc32)c([2H])c1[2H].[Pt]. The van der Waals surface area contributed by atoms with Crippen LogP contribution in [0.4, 0.5) is 0 Å². The standard InChI is InChI=1S/C58H40N4O2.Pt/c1-58(2,3)40-32-33-59-54(34-40)62-51-31-30-47-46-22-10-13-27-53(46)64-57(47)55(51)48-29-28-43(36-52(48)62)63-42-21-14-20-41(35-42)60-37-61(50-26-12-11-25-49(50)60)56-44(38-16-6-4-7-17-38)23-15-24-45(56)39-18-8-5-9-19-39;/h4-34H,1-3H3;/q-2;/i4D,5D,6D,7D,8D,9D,16D,17D,18D,19D;. The van der Waals surface area contributed by atoms with Gasteiger partial charge in [0.15, 0.2) is 0 Å². The predicted octanol–water partition coefficient (Wildman–Crippen LogP) is 14.1. The van der Waals surface area contributed by atoms with Crippen molar-refractivity contribution < 1.29 is 48.5 Å². The third kappa shape index (κ3) is 6.84. The molecule has 0 atom stereocenters. The third-order valence-corrected chi connectivity index (χ3v) is 11.6. The molecule has 8 aromatic carbocycles. The number of nitrogens with zero attached hydrogens (tertiary/aromatic N) is 4. The van der Waals surface area contributed by atoms with E-state index in [4.69, 9.17) is 27.8 Å². The molecule has 0 fully saturated rings. The number of hydrogen-bond donors (Lipinski definition) is 0. The summed E-state index contributed by atoms with van der Waals surface area (Å²) in [5.41, 5.74) is 5.86. The number of para-hydroxylation sites is 4. The van der Waals surface area contributed by atoms with Gasteiger partial charge in [-0.15, -0.1) is 24.3 Å². The zero-order valence-electron chi connectivity index (χ0n) is 45.0. The molecule has 65 heavy (non-hydrogen) atoms. The molecular formula is C58H40N4O2Pt-2. The Hall–Kier alpha value is -7.53. The number of ether oxygens (including phenoxy) is 1. The van der Waals surface area contributed by atoms with E-state index in [9.17, 15) is 0 Å². The predicted molar refractivity (Wildman–Crippen MR) is 257 cm³/mol. The molecule has 7 heteroatoms. The van der Waals surface area contributed by atoms with E-state index in [1.807, 2.05) is 72.9 Å². The van der Waals surface area contributed by atoms with Crippen molar-refractivity contribution in [3.05, 3.63) is 212 Å². The van der Waals surface area contributed by atoms with Gasteiger partial charge in [-0.3, -0.25) is 4.57 Å². The normalized spacial score (nSPS) is 14.0. The molecule has 4 aromatic heterocycles. The van der Waals surface area contributed by atoms with Crippen LogP contribution in [-0.4, -0.2) is 14.1 Å². The Morgan fingerprint density at radius 3 is 2.12 bits per heavy atom. The topological polar surface area (TPSA) is 49.0 Å². The summed E-state index contributed by atoms with van der Waals surface area (Å²) in [6, 6.07) is 39.2. The van der Waals surface area contributed by atoms with Crippen LogP contribution in [0.1, 0.15) is 40.0 Å². The molecular weight excluding hydrogens is 980 g/mol. The molecule has 0 N–H and O–H groups in total. The Kier molecular flexibility index (Phi) is 7.48. The average molecular weight is 1030 g/mol. The van der Waals surface area contributed by atoms with Crippen LogP contribution in [0.2, 0.25) is 0 Å². The minimum Gasteiger partial charge on any atom is -0.510 e. The van der Waals surface area contributed by atoms with E-state index in [-0.39, 0.29) is 54.4 Å². The zero-order valence-corrected chi connectivity index (χ0v) is 37.3. The maximum Gasteiger partial charge on any atom is 0.268 e. The van der Waals surface area contributed by atoms with E-state index in [2.05, 4.69) is 68.1 Å². The number of furan rings is 1. The zero-order chi connectivity index (χ0) is 51.6. The molecule has 12 rings (SSSR count). The number of benzene rings is 8. The molecule has 12 aromatic rings. The van der Waals surface area contributed by atoms with Crippen LogP contribution >= 0.6 is 0 Å². The van der Waals surface area contributed by atoms with E-state index >= 15 is 0 Å². The summed E-state index contributed by atoms with van der Waals surface area (Å²) in [6.45, 7) is 6.49. The Morgan fingerprint density at radius 1 is 0.662 bits per heavy atom. The van der Waals surface area contributed by atoms with Gasteiger partial charge >= 0.3 is 0 Å². The van der Waals surface area contributed by atoms with Crippen molar-refractivity contribution in [3.63, 3.8) is 0 Å². The van der Waals surface area contributed by atoms with Crippen molar-refractivity contribution in [1.29, 1.82) is 0 Å². The largest absolute Gasteiger partial charge is 0.510 e. The van der Waals surface area contributed by atoms with Gasteiger partial charge in [0.2, 0.25) is 0 Å². The van der Waals surface area contributed by atoms with Gasteiger partial charge in [-0.2, -0.15) is 18.2 Å². The first-order valence-electron chi connectivity index (χ1n) is 25.7. The van der Waals surface area contributed by atoms with Crippen LogP contribution in [0, 0.1) is 18.5 Å². The monoisotopic (exact) mass is 1030 g/mol. The van der Waals surface area contributed by atoms with Gasteiger partial charge in [-0.25, -0.2) is 4.98 Å². The molecule has 0 bridgehead atoms. The fourth-order valence-electron chi connectivity index (χ4n) is 8.60. The van der Waals surface area contributed by atoms with Gasteiger partial charge in [0.1, 0.15) is 17.0 Å². The molecule has 6 nitrogen and oxygen atoms in total. The minimum absolute atomic E-state index is 0. The molecule has 0 spiro atoms. The van der Waals surface area contributed by atoms with E-state index < -0.39 is 60.4 Å². The molecule has 0 aliphatic rings. The quantitative estimate of drug-likeness (QED) is 0.118. The number of rotatable bonds is 7. The number of pyridine rings is 1. The van der Waals surface area contributed by atoms with Gasteiger partial charge in [0.05, 0.1) is 30.4 Å². The summed E-state index contributed by atoms with van der Waals surface area (Å²) >= 11 is 0. The summed E-state index contributed by atoms with van der Waals surface area (Å²) in [5.74, 6) is 1.45. The van der Waals surface area contributed by atoms with Crippen molar-refractivity contribution in [3.8, 4) is 50.9 Å². The van der Waals surface area contributed by atoms with E-state index in [0.717, 1.165) is 49.3 Å². The van der Waals surface area contributed by atoms with Crippen LogP contribution in [0.25, 0.3) is 94.2 Å². The van der Waals surface area contributed by atoms with Crippen LogP contribution in [0.3, 0.4) is 0 Å². The minimum atomic E-state index is -0.576. The second-order valence-electron chi connectivity index (χ2n) is 16.5. The van der Waals surface area contributed by atoms with Gasteiger partial charge < -0.3 is 18.3 Å². The van der Waals surface area contributed by atoms with Crippen molar-refractivity contribution >= 4 is 54.8 Å². The third-order valence-electron chi connectivity index (χ3n) is 11.6. The number of fused-ring (bicyclic) bond motifs is 8. The van der Waals surface area contributed by atoms with Gasteiger partial charge in [0.25, 0.3) is 6.33 Å². The second-order valence-corrected chi connectivity index (χ2v) is 16.5. The maximum atomic E-state index is 9.03. The molecule has 0 amide bonds. The van der Waals surface area contributed by atoms with Crippen molar-refractivity contribution in [2.24, 2.45) is 0 Å². The fourth-order valence-corrected chi connectivity index (χ4v) is 8.60. The summed E-state index contributed by atoms with van der Waals surface area (Å²) in [4.78, 5) is 4.88. The maximum absolute atomic E-state index is 9.03. The first kappa shape index (κ1) is 30.5. The fraction of sp³-hybridized carbons (Fsp3) is 0.0690. The van der Waals surface area contributed by atoms with Crippen molar-refractivity contribution in [1.82, 2.24) is 14.1 Å². The molecule has 0 aliphatic heterocycles. The number of hydrogen-bond acceptors (Lipinski definition) is 3. The van der Waals surface area contributed by atoms with Gasteiger partial charge in [-0.1, -0.05) is 153 Å². The number of aromatic nitrogens is 4. The first-order valence-corrected chi connectivity index (χ1v) is 20.7. The second kappa shape index (κ2) is 15.9. The van der Waals surface area contributed by atoms with Crippen molar-refractivity contribution in [2.75, 3.05) is 0 Å². The molecule has 4 heterocycles.